The number of hydrogen-bond acceptors (Lipinski definition) is 4. The maximum atomic E-state index is 14.4. The van der Waals surface area contributed by atoms with Crippen molar-refractivity contribution in [3.05, 3.63) is 129 Å². The van der Waals surface area contributed by atoms with Crippen LogP contribution in [0.25, 0.3) is 0 Å². The zero-order chi connectivity index (χ0) is 34.4. The van der Waals surface area contributed by atoms with Crippen LogP contribution in [0.1, 0.15) is 29.2 Å². The normalized spacial score (nSPS) is 12.3. The summed E-state index contributed by atoms with van der Waals surface area (Å²) in [6.45, 7) is 2.67. The summed E-state index contributed by atoms with van der Waals surface area (Å²) in [5.41, 5.74) is 0.366. The van der Waals surface area contributed by atoms with Crippen molar-refractivity contribution in [1.29, 1.82) is 0 Å². The Bertz CT molecular complexity index is 1810. The quantitative estimate of drug-likeness (QED) is 0.168. The van der Waals surface area contributed by atoms with E-state index in [4.69, 9.17) is 23.2 Å². The summed E-state index contributed by atoms with van der Waals surface area (Å²) in [6, 6.07) is 22.7. The standard InChI is InChI=1S/C34H32Cl2F3N3O4S/c1-3-40-33(44)31(19-24-7-5-4-6-8-24)41(21-25-11-13-26(35)14-12-25)32(43)22-42(47(45,46)28-16-9-23(2)10-17-28)27-15-18-30(36)29(20-27)34(37,38)39/h4-18,20,31H,3,19,21-22H2,1-2H3,(H,40,44)/t31-/m0/s1. The molecule has 1 atom stereocenters. The van der Waals surface area contributed by atoms with E-state index in [1.165, 1.54) is 29.2 Å². The number of nitrogens with zero attached hydrogens (tertiary/aromatic N) is 2. The molecule has 47 heavy (non-hydrogen) atoms. The lowest BCUT2D eigenvalue weighted by Gasteiger charge is -2.34. The predicted molar refractivity (Wildman–Crippen MR) is 177 cm³/mol. The van der Waals surface area contributed by atoms with Crippen molar-refractivity contribution in [3.63, 3.8) is 0 Å². The van der Waals surface area contributed by atoms with Crippen LogP contribution in [-0.4, -0.2) is 44.3 Å². The minimum atomic E-state index is -4.91. The molecule has 0 heterocycles. The molecule has 0 unspecified atom stereocenters. The minimum absolute atomic E-state index is 0.0792. The van der Waals surface area contributed by atoms with Gasteiger partial charge in [0.25, 0.3) is 10.0 Å². The molecule has 0 saturated carbocycles. The van der Waals surface area contributed by atoms with Crippen LogP contribution >= 0.6 is 23.2 Å². The van der Waals surface area contributed by atoms with E-state index in [1.807, 2.05) is 0 Å². The third kappa shape index (κ3) is 9.06. The summed E-state index contributed by atoms with van der Waals surface area (Å²) in [5.74, 6) is -1.32. The lowest BCUT2D eigenvalue weighted by atomic mass is 10.0. The van der Waals surface area contributed by atoms with E-state index in [2.05, 4.69) is 5.32 Å². The summed E-state index contributed by atoms with van der Waals surface area (Å²) in [6.07, 6.45) is -4.83. The Kier molecular flexibility index (Phi) is 11.6. The van der Waals surface area contributed by atoms with Gasteiger partial charge in [0.1, 0.15) is 12.6 Å². The Morgan fingerprint density at radius 1 is 0.872 bits per heavy atom. The Morgan fingerprint density at radius 3 is 2.11 bits per heavy atom. The largest absolute Gasteiger partial charge is 0.417 e. The number of aryl methyl sites for hydroxylation is 1. The highest BCUT2D eigenvalue weighted by Crippen LogP contribution is 2.38. The molecule has 0 aliphatic carbocycles. The van der Waals surface area contributed by atoms with Gasteiger partial charge in [0, 0.05) is 24.5 Å². The second kappa shape index (κ2) is 15.2. The van der Waals surface area contributed by atoms with E-state index >= 15 is 0 Å². The number of likely N-dealkylation sites (N-methyl/N-ethyl adjacent to an activating group) is 1. The number of benzene rings is 4. The molecule has 0 radical (unpaired) electrons. The smallest absolute Gasteiger partial charge is 0.355 e. The van der Waals surface area contributed by atoms with Crippen molar-refractivity contribution in [2.45, 2.75) is 43.9 Å². The van der Waals surface area contributed by atoms with Crippen molar-refractivity contribution in [2.75, 3.05) is 17.4 Å². The number of anilines is 1. The lowest BCUT2D eigenvalue weighted by Crippen LogP contribution is -2.53. The van der Waals surface area contributed by atoms with Gasteiger partial charge in [-0.2, -0.15) is 13.2 Å². The molecule has 7 nitrogen and oxygen atoms in total. The van der Waals surface area contributed by atoms with Gasteiger partial charge < -0.3 is 10.2 Å². The minimum Gasteiger partial charge on any atom is -0.355 e. The number of amides is 2. The molecular formula is C34H32Cl2F3N3O4S. The van der Waals surface area contributed by atoms with Gasteiger partial charge in [0.05, 0.1) is 21.2 Å². The molecule has 0 spiro atoms. The maximum absolute atomic E-state index is 14.4. The molecule has 0 aliphatic heterocycles. The fourth-order valence-corrected chi connectivity index (χ4v) is 6.64. The predicted octanol–water partition coefficient (Wildman–Crippen LogP) is 7.29. The van der Waals surface area contributed by atoms with Gasteiger partial charge in [-0.25, -0.2) is 8.42 Å². The zero-order valence-electron chi connectivity index (χ0n) is 25.5. The van der Waals surface area contributed by atoms with Crippen LogP contribution in [0.3, 0.4) is 0 Å². The average molecular weight is 707 g/mol. The number of rotatable bonds is 12. The number of halogens is 5. The molecule has 0 bridgehead atoms. The average Bonchev–Trinajstić information content (AvgIpc) is 3.03. The third-order valence-electron chi connectivity index (χ3n) is 7.32. The fraction of sp³-hybridized carbons (Fsp3) is 0.235. The first-order valence-electron chi connectivity index (χ1n) is 14.5. The van der Waals surface area contributed by atoms with Gasteiger partial charge >= 0.3 is 6.18 Å². The topological polar surface area (TPSA) is 86.8 Å². The summed E-state index contributed by atoms with van der Waals surface area (Å²) in [4.78, 5) is 28.9. The first-order valence-corrected chi connectivity index (χ1v) is 16.7. The Morgan fingerprint density at radius 2 is 1.51 bits per heavy atom. The SMILES string of the molecule is CCNC(=O)[C@H](Cc1ccccc1)N(Cc1ccc(Cl)cc1)C(=O)CN(c1ccc(Cl)c(C(F)(F)F)c1)S(=O)(=O)c1ccc(C)cc1. The van der Waals surface area contributed by atoms with Crippen LogP contribution in [0.15, 0.2) is 102 Å². The zero-order valence-corrected chi connectivity index (χ0v) is 27.8. The first-order chi connectivity index (χ1) is 22.2. The number of nitrogens with one attached hydrogen (secondary N) is 1. The van der Waals surface area contributed by atoms with Crippen molar-refractivity contribution in [1.82, 2.24) is 10.2 Å². The van der Waals surface area contributed by atoms with Gasteiger partial charge in [-0.05, 0) is 67.4 Å². The van der Waals surface area contributed by atoms with E-state index in [-0.39, 0.29) is 24.4 Å². The molecule has 4 aromatic carbocycles. The monoisotopic (exact) mass is 705 g/mol. The number of sulfonamides is 1. The third-order valence-corrected chi connectivity index (χ3v) is 9.69. The van der Waals surface area contributed by atoms with Crippen LogP contribution in [-0.2, 0) is 38.8 Å². The maximum Gasteiger partial charge on any atom is 0.417 e. The fourth-order valence-electron chi connectivity index (χ4n) is 4.88. The molecule has 4 rings (SSSR count). The second-order valence-electron chi connectivity index (χ2n) is 10.7. The van der Waals surface area contributed by atoms with Crippen LogP contribution < -0.4 is 9.62 Å². The van der Waals surface area contributed by atoms with Crippen molar-refractivity contribution in [3.8, 4) is 0 Å². The molecule has 4 aromatic rings. The van der Waals surface area contributed by atoms with Gasteiger partial charge in [0.2, 0.25) is 11.8 Å². The Hall–Kier alpha value is -4.06. The number of carbonyl (C=O) groups is 2. The molecule has 0 saturated heterocycles. The molecule has 248 valence electrons. The van der Waals surface area contributed by atoms with Crippen molar-refractivity contribution in [2.24, 2.45) is 0 Å². The molecular weight excluding hydrogens is 674 g/mol. The van der Waals surface area contributed by atoms with Crippen LogP contribution in [0.2, 0.25) is 10.0 Å². The molecule has 0 fully saturated rings. The van der Waals surface area contributed by atoms with E-state index in [1.54, 1.807) is 68.4 Å². The van der Waals surface area contributed by atoms with Gasteiger partial charge in [-0.3, -0.25) is 13.9 Å². The Labute approximate surface area is 282 Å². The highest BCUT2D eigenvalue weighted by molar-refractivity contribution is 7.92. The highest BCUT2D eigenvalue weighted by Gasteiger charge is 2.37. The van der Waals surface area contributed by atoms with E-state index in [9.17, 15) is 31.2 Å². The molecule has 2 amide bonds. The summed E-state index contributed by atoms with van der Waals surface area (Å²) >= 11 is 11.9. The number of carbonyl (C=O) groups excluding carboxylic acids is 2. The van der Waals surface area contributed by atoms with Crippen molar-refractivity contribution < 1.29 is 31.2 Å². The molecule has 0 aliphatic rings. The Balaban J connectivity index is 1.85. The van der Waals surface area contributed by atoms with Gasteiger partial charge in [0.15, 0.2) is 0 Å². The van der Waals surface area contributed by atoms with Crippen molar-refractivity contribution >= 4 is 50.7 Å². The molecule has 1 N–H and O–H groups in total. The number of hydrogen-bond donors (Lipinski definition) is 1. The second-order valence-corrected chi connectivity index (χ2v) is 13.4. The van der Waals surface area contributed by atoms with Crippen LogP contribution in [0, 0.1) is 6.92 Å². The highest BCUT2D eigenvalue weighted by atomic mass is 35.5. The first kappa shape index (κ1) is 35.8. The summed E-state index contributed by atoms with van der Waals surface area (Å²) in [5, 5.41) is 2.55. The summed E-state index contributed by atoms with van der Waals surface area (Å²) in [7, 11) is -4.61. The van der Waals surface area contributed by atoms with Crippen LogP contribution in [0.5, 0.6) is 0 Å². The number of alkyl halides is 3. The van der Waals surface area contributed by atoms with Gasteiger partial charge in [-0.15, -0.1) is 0 Å². The molecule has 0 aromatic heterocycles. The van der Waals surface area contributed by atoms with E-state index in [0.717, 1.165) is 23.3 Å². The summed E-state index contributed by atoms with van der Waals surface area (Å²) < 4.78 is 70.5. The lowest BCUT2D eigenvalue weighted by molar-refractivity contribution is -0.140. The van der Waals surface area contributed by atoms with Gasteiger partial charge in [-0.1, -0.05) is 83.4 Å². The molecule has 13 heteroatoms. The van der Waals surface area contributed by atoms with E-state index < -0.39 is 56.9 Å². The van der Waals surface area contributed by atoms with Crippen LogP contribution in [0.4, 0.5) is 18.9 Å². The van der Waals surface area contributed by atoms with E-state index in [0.29, 0.717) is 21.0 Å².